The van der Waals surface area contributed by atoms with Crippen molar-refractivity contribution in [2.45, 2.75) is 24.9 Å². The zero-order valence-electron chi connectivity index (χ0n) is 9.67. The Morgan fingerprint density at radius 2 is 2.11 bits per heavy atom. The first-order valence-corrected chi connectivity index (χ1v) is 5.67. The molecule has 0 radical (unpaired) electrons. The van der Waals surface area contributed by atoms with Crippen molar-refractivity contribution in [1.29, 1.82) is 0 Å². The van der Waals surface area contributed by atoms with Crippen molar-refractivity contribution in [3.05, 3.63) is 29.3 Å². The molecule has 4 N–H and O–H groups in total. The first-order valence-electron chi connectivity index (χ1n) is 5.67. The molecule has 0 spiro atoms. The van der Waals surface area contributed by atoms with Gasteiger partial charge in [-0.2, -0.15) is 0 Å². The summed E-state index contributed by atoms with van der Waals surface area (Å²) in [5.41, 5.74) is 3.34. The van der Waals surface area contributed by atoms with E-state index in [4.69, 9.17) is 5.73 Å². The fourth-order valence-corrected chi connectivity index (χ4v) is 1.87. The number of aliphatic hydroxyl groups is 1. The smallest absolute Gasteiger partial charge is 0.257 e. The van der Waals surface area contributed by atoms with Crippen molar-refractivity contribution < 1.29 is 18.7 Å². The zero-order chi connectivity index (χ0) is 13.3. The fourth-order valence-electron chi connectivity index (χ4n) is 1.87. The van der Waals surface area contributed by atoms with Crippen LogP contribution in [0.4, 0.5) is 14.5 Å². The molecule has 0 atom stereocenters. The average molecular weight is 256 g/mol. The number of benzene rings is 1. The molecule has 1 saturated carbocycles. The third kappa shape index (κ3) is 2.28. The lowest BCUT2D eigenvalue weighted by Gasteiger charge is -2.36. The Labute approximate surface area is 103 Å². The quantitative estimate of drug-likeness (QED) is 0.711. The molecule has 1 aromatic carbocycles. The number of halogens is 2. The minimum absolute atomic E-state index is 0.0144. The van der Waals surface area contributed by atoms with Crippen molar-refractivity contribution in [2.24, 2.45) is 0 Å². The lowest BCUT2D eigenvalue weighted by Crippen LogP contribution is -2.48. The highest BCUT2D eigenvalue weighted by molar-refractivity contribution is 5.95. The molecule has 98 valence electrons. The summed E-state index contributed by atoms with van der Waals surface area (Å²) in [6, 6.07) is 1.99. The highest BCUT2D eigenvalue weighted by atomic mass is 19.1. The minimum Gasteiger partial charge on any atom is -0.396 e. The van der Waals surface area contributed by atoms with Crippen LogP contribution in [-0.4, -0.2) is 23.2 Å². The van der Waals surface area contributed by atoms with E-state index in [2.05, 4.69) is 5.32 Å². The maximum atomic E-state index is 13.5. The van der Waals surface area contributed by atoms with E-state index in [1.807, 2.05) is 0 Å². The number of hydrogen-bond acceptors (Lipinski definition) is 3. The Balaban J connectivity index is 2.11. The molecule has 0 aromatic heterocycles. The SMILES string of the molecule is Nc1ccc(F)c(C(=O)NCC2(O)CCC2)c1F. The molecule has 1 amide bonds. The molecule has 1 fully saturated rings. The van der Waals surface area contributed by atoms with E-state index in [1.54, 1.807) is 0 Å². The van der Waals surface area contributed by atoms with Gasteiger partial charge in [0.05, 0.1) is 11.3 Å². The van der Waals surface area contributed by atoms with Gasteiger partial charge in [0.1, 0.15) is 11.4 Å². The van der Waals surface area contributed by atoms with E-state index in [9.17, 15) is 18.7 Å². The molecular weight excluding hydrogens is 242 g/mol. The zero-order valence-corrected chi connectivity index (χ0v) is 9.67. The molecule has 0 saturated heterocycles. The number of amides is 1. The largest absolute Gasteiger partial charge is 0.396 e. The second-order valence-electron chi connectivity index (χ2n) is 4.59. The number of nitrogen functional groups attached to an aromatic ring is 1. The van der Waals surface area contributed by atoms with Gasteiger partial charge >= 0.3 is 0 Å². The highest BCUT2D eigenvalue weighted by Gasteiger charge is 2.35. The number of nitrogens with one attached hydrogen (secondary N) is 1. The van der Waals surface area contributed by atoms with Crippen LogP contribution in [0, 0.1) is 11.6 Å². The van der Waals surface area contributed by atoms with Crippen molar-refractivity contribution in [3.63, 3.8) is 0 Å². The minimum atomic E-state index is -1.08. The topological polar surface area (TPSA) is 75.4 Å². The summed E-state index contributed by atoms with van der Waals surface area (Å²) in [6.45, 7) is -0.0144. The summed E-state index contributed by atoms with van der Waals surface area (Å²) < 4.78 is 26.9. The van der Waals surface area contributed by atoms with Crippen LogP contribution in [0.3, 0.4) is 0 Å². The molecule has 0 bridgehead atoms. The van der Waals surface area contributed by atoms with Gasteiger partial charge in [-0.15, -0.1) is 0 Å². The summed E-state index contributed by atoms with van der Waals surface area (Å²) in [6.07, 6.45) is 2.04. The van der Waals surface area contributed by atoms with E-state index in [0.29, 0.717) is 12.8 Å². The van der Waals surface area contributed by atoms with Crippen LogP contribution in [0.15, 0.2) is 12.1 Å². The standard InChI is InChI=1S/C12H14F2N2O2/c13-7-2-3-8(15)10(14)9(7)11(17)16-6-12(18)4-1-5-12/h2-3,18H,1,4-6,15H2,(H,16,17). The third-order valence-corrected chi connectivity index (χ3v) is 3.21. The lowest BCUT2D eigenvalue weighted by molar-refractivity contribution is -0.0301. The van der Waals surface area contributed by atoms with Gasteiger partial charge in [0.25, 0.3) is 5.91 Å². The van der Waals surface area contributed by atoms with Crippen LogP contribution >= 0.6 is 0 Å². The number of nitrogens with two attached hydrogens (primary N) is 1. The second-order valence-corrected chi connectivity index (χ2v) is 4.59. The Morgan fingerprint density at radius 1 is 1.44 bits per heavy atom. The lowest BCUT2D eigenvalue weighted by atomic mass is 9.80. The summed E-state index contributed by atoms with van der Waals surface area (Å²) >= 11 is 0. The molecular formula is C12H14F2N2O2. The predicted molar refractivity (Wildman–Crippen MR) is 61.9 cm³/mol. The maximum Gasteiger partial charge on any atom is 0.257 e. The summed E-state index contributed by atoms with van der Waals surface area (Å²) in [5.74, 6) is -2.95. The molecule has 2 rings (SSSR count). The Hall–Kier alpha value is -1.69. The van der Waals surface area contributed by atoms with Crippen LogP contribution < -0.4 is 11.1 Å². The molecule has 1 aliphatic carbocycles. The van der Waals surface area contributed by atoms with Crippen molar-refractivity contribution in [1.82, 2.24) is 5.32 Å². The number of hydrogen-bond donors (Lipinski definition) is 3. The molecule has 0 heterocycles. The molecule has 0 aliphatic heterocycles. The highest BCUT2D eigenvalue weighted by Crippen LogP contribution is 2.30. The summed E-state index contributed by atoms with van der Waals surface area (Å²) in [5, 5.41) is 12.1. The van der Waals surface area contributed by atoms with Crippen LogP contribution in [0.5, 0.6) is 0 Å². The van der Waals surface area contributed by atoms with Gasteiger partial charge < -0.3 is 16.2 Å². The first-order chi connectivity index (χ1) is 8.43. The Morgan fingerprint density at radius 3 is 2.67 bits per heavy atom. The van der Waals surface area contributed by atoms with Crippen molar-refractivity contribution >= 4 is 11.6 Å². The van der Waals surface area contributed by atoms with Gasteiger partial charge in [0.15, 0.2) is 5.82 Å². The molecule has 18 heavy (non-hydrogen) atoms. The van der Waals surface area contributed by atoms with Crippen molar-refractivity contribution in [3.8, 4) is 0 Å². The van der Waals surface area contributed by atoms with Crippen LogP contribution in [-0.2, 0) is 0 Å². The van der Waals surface area contributed by atoms with E-state index in [1.165, 1.54) is 0 Å². The van der Waals surface area contributed by atoms with Gasteiger partial charge in [-0.25, -0.2) is 8.78 Å². The summed E-state index contributed by atoms with van der Waals surface area (Å²) in [7, 11) is 0. The number of carbonyl (C=O) groups is 1. The van der Waals surface area contributed by atoms with E-state index < -0.39 is 28.7 Å². The third-order valence-electron chi connectivity index (χ3n) is 3.21. The number of anilines is 1. The van der Waals surface area contributed by atoms with E-state index >= 15 is 0 Å². The second kappa shape index (κ2) is 4.53. The molecule has 1 aliphatic rings. The van der Waals surface area contributed by atoms with Gasteiger partial charge in [0, 0.05) is 6.54 Å². The van der Waals surface area contributed by atoms with Crippen LogP contribution in [0.2, 0.25) is 0 Å². The maximum absolute atomic E-state index is 13.5. The molecule has 0 unspecified atom stereocenters. The average Bonchev–Trinajstić information content (AvgIpc) is 2.29. The molecule has 1 aromatic rings. The first kappa shape index (κ1) is 12.8. The van der Waals surface area contributed by atoms with E-state index in [-0.39, 0.29) is 12.2 Å². The summed E-state index contributed by atoms with van der Waals surface area (Å²) in [4.78, 5) is 11.7. The molecule has 6 heteroatoms. The van der Waals surface area contributed by atoms with Crippen LogP contribution in [0.1, 0.15) is 29.6 Å². The number of carbonyl (C=O) groups excluding carboxylic acids is 1. The van der Waals surface area contributed by atoms with Gasteiger partial charge in [-0.1, -0.05) is 0 Å². The number of rotatable bonds is 3. The van der Waals surface area contributed by atoms with Gasteiger partial charge in [-0.3, -0.25) is 4.79 Å². The predicted octanol–water partition coefficient (Wildman–Crippen LogP) is 1.19. The Bertz CT molecular complexity index is 487. The normalized spacial score (nSPS) is 17.1. The van der Waals surface area contributed by atoms with Gasteiger partial charge in [-0.05, 0) is 31.4 Å². The van der Waals surface area contributed by atoms with E-state index in [0.717, 1.165) is 18.6 Å². The van der Waals surface area contributed by atoms with Crippen molar-refractivity contribution in [2.75, 3.05) is 12.3 Å². The van der Waals surface area contributed by atoms with Crippen LogP contribution in [0.25, 0.3) is 0 Å². The Kier molecular flexibility index (Phi) is 3.21. The monoisotopic (exact) mass is 256 g/mol. The fraction of sp³-hybridized carbons (Fsp3) is 0.417. The molecule has 4 nitrogen and oxygen atoms in total. The van der Waals surface area contributed by atoms with Gasteiger partial charge in [0.2, 0.25) is 0 Å².